The Morgan fingerprint density at radius 3 is 2.71 bits per heavy atom. The van der Waals surface area contributed by atoms with Crippen molar-refractivity contribution in [2.24, 2.45) is 0 Å². The first kappa shape index (κ1) is 16.1. The topological polar surface area (TPSA) is 49.9 Å². The number of anilines is 2. The summed E-state index contributed by atoms with van der Waals surface area (Å²) in [6.45, 7) is 0.380. The van der Waals surface area contributed by atoms with Crippen molar-refractivity contribution in [3.8, 4) is 0 Å². The van der Waals surface area contributed by atoms with Gasteiger partial charge in [-0.05, 0) is 36.2 Å². The highest BCUT2D eigenvalue weighted by atomic mass is 16.5. The summed E-state index contributed by atoms with van der Waals surface area (Å²) in [6.07, 6.45) is 0.834. The molecule has 0 bridgehead atoms. The third kappa shape index (κ3) is 3.25. The Balaban J connectivity index is 1.63. The first-order chi connectivity index (χ1) is 11.6. The van der Waals surface area contributed by atoms with Gasteiger partial charge in [-0.25, -0.2) is 4.79 Å². The second-order valence-electron chi connectivity index (χ2n) is 5.94. The smallest absolute Gasteiger partial charge is 0.338 e. The van der Waals surface area contributed by atoms with Crippen LogP contribution in [0.5, 0.6) is 0 Å². The standard InChI is InChI=1S/C19H20N2O3/c1-20(2)16-8-5-7-15(12-16)19(23)24-13-18(22)21-11-10-14-6-3-4-9-17(14)21/h3-9,12H,10-11,13H2,1-2H3. The van der Waals surface area contributed by atoms with Crippen LogP contribution in [0.4, 0.5) is 11.4 Å². The molecule has 0 saturated carbocycles. The van der Waals surface area contributed by atoms with Gasteiger partial charge < -0.3 is 14.5 Å². The van der Waals surface area contributed by atoms with Crippen LogP contribution < -0.4 is 9.80 Å². The number of amides is 1. The zero-order chi connectivity index (χ0) is 17.1. The van der Waals surface area contributed by atoms with E-state index in [0.29, 0.717) is 12.1 Å². The molecule has 1 aliphatic heterocycles. The fourth-order valence-electron chi connectivity index (χ4n) is 2.80. The summed E-state index contributed by atoms with van der Waals surface area (Å²) in [5.41, 5.74) is 3.41. The molecule has 0 spiro atoms. The normalized spacial score (nSPS) is 12.7. The lowest BCUT2D eigenvalue weighted by Gasteiger charge is -2.17. The van der Waals surface area contributed by atoms with Gasteiger partial charge in [0.1, 0.15) is 0 Å². The highest BCUT2D eigenvalue weighted by Gasteiger charge is 2.25. The summed E-state index contributed by atoms with van der Waals surface area (Å²) < 4.78 is 5.20. The summed E-state index contributed by atoms with van der Waals surface area (Å²) in [7, 11) is 3.80. The van der Waals surface area contributed by atoms with E-state index in [0.717, 1.165) is 23.4 Å². The minimum atomic E-state index is -0.487. The van der Waals surface area contributed by atoms with Crippen molar-refractivity contribution < 1.29 is 14.3 Å². The van der Waals surface area contributed by atoms with Crippen molar-refractivity contribution in [3.63, 3.8) is 0 Å². The lowest BCUT2D eigenvalue weighted by atomic mass is 10.2. The Morgan fingerprint density at radius 1 is 1.12 bits per heavy atom. The van der Waals surface area contributed by atoms with Crippen LogP contribution in [0, 0.1) is 0 Å². The summed E-state index contributed by atoms with van der Waals surface area (Å²) >= 11 is 0. The van der Waals surface area contributed by atoms with Crippen LogP contribution in [0.15, 0.2) is 48.5 Å². The fourth-order valence-corrected chi connectivity index (χ4v) is 2.80. The summed E-state index contributed by atoms with van der Waals surface area (Å²) in [6, 6.07) is 14.9. The number of ether oxygens (including phenoxy) is 1. The highest BCUT2D eigenvalue weighted by Crippen LogP contribution is 2.27. The molecular weight excluding hydrogens is 304 g/mol. The molecule has 24 heavy (non-hydrogen) atoms. The van der Waals surface area contributed by atoms with Gasteiger partial charge in [0.2, 0.25) is 0 Å². The van der Waals surface area contributed by atoms with Crippen molar-refractivity contribution in [3.05, 3.63) is 59.7 Å². The monoisotopic (exact) mass is 324 g/mol. The maximum absolute atomic E-state index is 12.4. The Kier molecular flexibility index (Phi) is 4.51. The van der Waals surface area contributed by atoms with Crippen LogP contribution in [0.25, 0.3) is 0 Å². The Bertz CT molecular complexity index is 771. The van der Waals surface area contributed by atoms with E-state index in [2.05, 4.69) is 0 Å². The fraction of sp³-hybridized carbons (Fsp3) is 0.263. The number of hydrogen-bond donors (Lipinski definition) is 0. The van der Waals surface area contributed by atoms with Crippen LogP contribution in [0.2, 0.25) is 0 Å². The van der Waals surface area contributed by atoms with E-state index in [9.17, 15) is 9.59 Å². The lowest BCUT2D eigenvalue weighted by molar-refractivity contribution is -0.121. The molecule has 0 aliphatic carbocycles. The van der Waals surface area contributed by atoms with Crippen LogP contribution in [-0.2, 0) is 16.0 Å². The minimum Gasteiger partial charge on any atom is -0.452 e. The maximum Gasteiger partial charge on any atom is 0.338 e. The molecule has 1 amide bonds. The lowest BCUT2D eigenvalue weighted by Crippen LogP contribution is -2.33. The second kappa shape index (κ2) is 6.74. The van der Waals surface area contributed by atoms with Gasteiger partial charge in [0, 0.05) is 32.0 Å². The van der Waals surface area contributed by atoms with Gasteiger partial charge in [-0.1, -0.05) is 24.3 Å². The number of carbonyl (C=O) groups is 2. The largest absolute Gasteiger partial charge is 0.452 e. The molecule has 0 atom stereocenters. The predicted molar refractivity (Wildman–Crippen MR) is 93.6 cm³/mol. The molecule has 3 rings (SSSR count). The molecule has 124 valence electrons. The van der Waals surface area contributed by atoms with Crippen molar-refractivity contribution in [2.45, 2.75) is 6.42 Å². The van der Waals surface area contributed by atoms with Gasteiger partial charge in [0.05, 0.1) is 5.56 Å². The number of nitrogens with zero attached hydrogens (tertiary/aromatic N) is 2. The van der Waals surface area contributed by atoms with E-state index in [1.807, 2.05) is 49.3 Å². The zero-order valence-corrected chi connectivity index (χ0v) is 13.9. The molecular formula is C19H20N2O3. The van der Waals surface area contributed by atoms with Crippen molar-refractivity contribution in [1.29, 1.82) is 0 Å². The third-order valence-electron chi connectivity index (χ3n) is 4.11. The SMILES string of the molecule is CN(C)c1cccc(C(=O)OCC(=O)N2CCc3ccccc32)c1. The van der Waals surface area contributed by atoms with E-state index in [-0.39, 0.29) is 12.5 Å². The molecule has 0 radical (unpaired) electrons. The summed E-state index contributed by atoms with van der Waals surface area (Å²) in [5, 5.41) is 0. The minimum absolute atomic E-state index is 0.197. The van der Waals surface area contributed by atoms with Gasteiger partial charge >= 0.3 is 5.97 Å². The molecule has 2 aromatic carbocycles. The van der Waals surface area contributed by atoms with Crippen molar-refractivity contribution >= 4 is 23.3 Å². The van der Waals surface area contributed by atoms with Gasteiger partial charge in [-0.2, -0.15) is 0 Å². The number of hydrogen-bond acceptors (Lipinski definition) is 4. The number of para-hydroxylation sites is 1. The quantitative estimate of drug-likeness (QED) is 0.811. The molecule has 1 aliphatic rings. The number of carbonyl (C=O) groups excluding carboxylic acids is 2. The van der Waals surface area contributed by atoms with Crippen LogP contribution in [0.3, 0.4) is 0 Å². The van der Waals surface area contributed by atoms with E-state index in [1.54, 1.807) is 23.1 Å². The number of benzene rings is 2. The molecule has 0 aromatic heterocycles. The first-order valence-corrected chi connectivity index (χ1v) is 7.89. The molecule has 5 nitrogen and oxygen atoms in total. The van der Waals surface area contributed by atoms with Gasteiger partial charge in [-0.3, -0.25) is 4.79 Å². The van der Waals surface area contributed by atoms with Gasteiger partial charge in [0.25, 0.3) is 5.91 Å². The number of rotatable bonds is 4. The van der Waals surface area contributed by atoms with E-state index in [4.69, 9.17) is 4.74 Å². The first-order valence-electron chi connectivity index (χ1n) is 7.89. The Labute approximate surface area is 141 Å². The molecule has 2 aromatic rings. The van der Waals surface area contributed by atoms with Crippen LogP contribution >= 0.6 is 0 Å². The van der Waals surface area contributed by atoms with Gasteiger partial charge in [0.15, 0.2) is 6.61 Å². The average Bonchev–Trinajstić information content (AvgIpc) is 3.03. The van der Waals surface area contributed by atoms with Crippen molar-refractivity contribution in [1.82, 2.24) is 0 Å². The zero-order valence-electron chi connectivity index (χ0n) is 13.9. The van der Waals surface area contributed by atoms with Crippen molar-refractivity contribution in [2.75, 3.05) is 37.0 Å². The van der Waals surface area contributed by atoms with E-state index >= 15 is 0 Å². The third-order valence-corrected chi connectivity index (χ3v) is 4.11. The average molecular weight is 324 g/mol. The Hall–Kier alpha value is -2.82. The number of esters is 1. The second-order valence-corrected chi connectivity index (χ2v) is 5.94. The van der Waals surface area contributed by atoms with Crippen LogP contribution in [0.1, 0.15) is 15.9 Å². The molecule has 1 heterocycles. The molecule has 0 N–H and O–H groups in total. The predicted octanol–water partition coefficient (Wildman–Crippen LogP) is 2.50. The van der Waals surface area contributed by atoms with E-state index < -0.39 is 5.97 Å². The highest BCUT2D eigenvalue weighted by molar-refractivity contribution is 5.98. The molecule has 5 heteroatoms. The van der Waals surface area contributed by atoms with Crippen LogP contribution in [-0.4, -0.2) is 39.1 Å². The van der Waals surface area contributed by atoms with Gasteiger partial charge in [-0.15, -0.1) is 0 Å². The molecule has 0 fully saturated rings. The summed E-state index contributed by atoms with van der Waals surface area (Å²) in [4.78, 5) is 28.1. The summed E-state index contributed by atoms with van der Waals surface area (Å²) in [5.74, 6) is -0.684. The van der Waals surface area contributed by atoms with E-state index in [1.165, 1.54) is 0 Å². The molecule has 0 saturated heterocycles. The maximum atomic E-state index is 12.4. The number of fused-ring (bicyclic) bond motifs is 1. The molecule has 0 unspecified atom stereocenters. The Morgan fingerprint density at radius 2 is 1.92 bits per heavy atom.